The summed E-state index contributed by atoms with van der Waals surface area (Å²) in [6.45, 7) is 0.715. The third kappa shape index (κ3) is 3.93. The Hall–Kier alpha value is -0.670. The SMILES string of the molecule is NCCC1CCC(CCC2=CC=C(F)CC2)O1. The number of nitrogens with two attached hydrogens (primary N) is 1. The molecule has 2 atom stereocenters. The fraction of sp³-hybridized carbons (Fsp3) is 0.714. The Morgan fingerprint density at radius 2 is 1.94 bits per heavy atom. The van der Waals surface area contributed by atoms with E-state index < -0.39 is 0 Å². The van der Waals surface area contributed by atoms with Crippen molar-refractivity contribution in [3.05, 3.63) is 23.6 Å². The zero-order valence-electron chi connectivity index (χ0n) is 10.3. The molecule has 2 aliphatic rings. The Kier molecular flexibility index (Phi) is 4.75. The van der Waals surface area contributed by atoms with Crippen LogP contribution in [-0.2, 0) is 4.74 Å². The van der Waals surface area contributed by atoms with E-state index in [9.17, 15) is 4.39 Å². The van der Waals surface area contributed by atoms with Crippen LogP contribution in [0.2, 0.25) is 0 Å². The van der Waals surface area contributed by atoms with E-state index in [1.807, 2.05) is 6.08 Å². The largest absolute Gasteiger partial charge is 0.375 e. The molecule has 1 aliphatic heterocycles. The molecule has 0 amide bonds. The molecule has 0 saturated carbocycles. The van der Waals surface area contributed by atoms with E-state index in [-0.39, 0.29) is 5.83 Å². The lowest BCUT2D eigenvalue weighted by molar-refractivity contribution is 0.0377. The van der Waals surface area contributed by atoms with Crippen molar-refractivity contribution in [2.75, 3.05) is 6.54 Å². The Morgan fingerprint density at radius 1 is 1.18 bits per heavy atom. The van der Waals surface area contributed by atoms with Crippen LogP contribution in [0.1, 0.15) is 44.9 Å². The lowest BCUT2D eigenvalue weighted by Crippen LogP contribution is -2.15. The molecule has 2 N–H and O–H groups in total. The topological polar surface area (TPSA) is 35.2 Å². The number of ether oxygens (including phenoxy) is 1. The molecule has 2 rings (SSSR count). The first kappa shape index (κ1) is 12.8. The number of hydrogen-bond donors (Lipinski definition) is 1. The maximum Gasteiger partial charge on any atom is 0.100 e. The molecule has 1 saturated heterocycles. The van der Waals surface area contributed by atoms with Crippen molar-refractivity contribution in [2.24, 2.45) is 5.73 Å². The van der Waals surface area contributed by atoms with E-state index in [1.54, 1.807) is 6.08 Å². The molecule has 1 heterocycles. The van der Waals surface area contributed by atoms with Crippen LogP contribution < -0.4 is 5.73 Å². The molecular weight excluding hydrogens is 217 g/mol. The molecule has 0 radical (unpaired) electrons. The quantitative estimate of drug-likeness (QED) is 0.799. The summed E-state index contributed by atoms with van der Waals surface area (Å²) in [6.07, 6.45) is 11.2. The van der Waals surface area contributed by atoms with Crippen LogP contribution in [0.15, 0.2) is 23.6 Å². The second-order valence-corrected chi connectivity index (χ2v) is 5.01. The highest BCUT2D eigenvalue weighted by molar-refractivity contribution is 5.20. The Morgan fingerprint density at radius 3 is 2.59 bits per heavy atom. The van der Waals surface area contributed by atoms with Crippen LogP contribution in [0.3, 0.4) is 0 Å². The number of rotatable bonds is 5. The maximum absolute atomic E-state index is 12.8. The molecule has 1 fully saturated rings. The number of allylic oxidation sites excluding steroid dienone is 4. The van der Waals surface area contributed by atoms with Gasteiger partial charge in [-0.05, 0) is 51.1 Å². The highest BCUT2D eigenvalue weighted by atomic mass is 19.1. The van der Waals surface area contributed by atoms with Gasteiger partial charge < -0.3 is 10.5 Å². The van der Waals surface area contributed by atoms with E-state index in [4.69, 9.17) is 10.5 Å². The third-order valence-corrected chi connectivity index (χ3v) is 3.66. The van der Waals surface area contributed by atoms with Gasteiger partial charge in [-0.2, -0.15) is 0 Å². The summed E-state index contributed by atoms with van der Waals surface area (Å²) in [6, 6.07) is 0. The van der Waals surface area contributed by atoms with Crippen LogP contribution in [0.5, 0.6) is 0 Å². The minimum Gasteiger partial charge on any atom is -0.375 e. The smallest absolute Gasteiger partial charge is 0.100 e. The first-order valence-electron chi connectivity index (χ1n) is 6.67. The minimum atomic E-state index is 0.00822. The fourth-order valence-electron chi connectivity index (χ4n) is 2.60. The van der Waals surface area contributed by atoms with Gasteiger partial charge in [0.1, 0.15) is 5.83 Å². The normalized spacial score (nSPS) is 29.1. The molecule has 2 nitrogen and oxygen atoms in total. The Bertz CT molecular complexity index is 311. The van der Waals surface area contributed by atoms with E-state index in [0.717, 1.165) is 38.5 Å². The highest BCUT2D eigenvalue weighted by Crippen LogP contribution is 2.28. The lowest BCUT2D eigenvalue weighted by Gasteiger charge is -2.15. The van der Waals surface area contributed by atoms with Crippen LogP contribution in [-0.4, -0.2) is 18.8 Å². The van der Waals surface area contributed by atoms with Crippen molar-refractivity contribution in [1.29, 1.82) is 0 Å². The molecule has 0 aromatic carbocycles. The van der Waals surface area contributed by atoms with Gasteiger partial charge in [0.2, 0.25) is 0 Å². The first-order valence-corrected chi connectivity index (χ1v) is 6.67. The molecule has 3 heteroatoms. The van der Waals surface area contributed by atoms with Crippen LogP contribution in [0.25, 0.3) is 0 Å². The summed E-state index contributed by atoms with van der Waals surface area (Å²) >= 11 is 0. The minimum absolute atomic E-state index is 0.00822. The summed E-state index contributed by atoms with van der Waals surface area (Å²) in [4.78, 5) is 0. The van der Waals surface area contributed by atoms with Gasteiger partial charge in [0, 0.05) is 6.42 Å². The van der Waals surface area contributed by atoms with Crippen molar-refractivity contribution >= 4 is 0 Å². The molecule has 0 aromatic rings. The van der Waals surface area contributed by atoms with Crippen molar-refractivity contribution in [3.63, 3.8) is 0 Å². The maximum atomic E-state index is 12.8. The van der Waals surface area contributed by atoms with Gasteiger partial charge in [-0.15, -0.1) is 0 Å². The third-order valence-electron chi connectivity index (χ3n) is 3.66. The summed E-state index contributed by atoms with van der Waals surface area (Å²) < 4.78 is 18.7. The molecule has 0 spiro atoms. The standard InChI is InChI=1S/C14H22FNO/c15-12-4-1-11(2-5-12)3-6-13-7-8-14(17-13)9-10-16/h1,4,13-14H,2-3,5-10,16H2. The van der Waals surface area contributed by atoms with E-state index in [1.165, 1.54) is 5.57 Å². The molecule has 0 bridgehead atoms. The van der Waals surface area contributed by atoms with E-state index >= 15 is 0 Å². The van der Waals surface area contributed by atoms with Gasteiger partial charge in [0.15, 0.2) is 0 Å². The molecule has 2 unspecified atom stereocenters. The summed E-state index contributed by atoms with van der Waals surface area (Å²) in [7, 11) is 0. The van der Waals surface area contributed by atoms with Crippen LogP contribution >= 0.6 is 0 Å². The molecule has 0 aromatic heterocycles. The fourth-order valence-corrected chi connectivity index (χ4v) is 2.60. The second kappa shape index (κ2) is 6.31. The highest BCUT2D eigenvalue weighted by Gasteiger charge is 2.24. The van der Waals surface area contributed by atoms with Crippen molar-refractivity contribution in [1.82, 2.24) is 0 Å². The number of halogens is 1. The van der Waals surface area contributed by atoms with Gasteiger partial charge in [0.05, 0.1) is 12.2 Å². The van der Waals surface area contributed by atoms with Gasteiger partial charge in [0.25, 0.3) is 0 Å². The molecule has 96 valence electrons. The Balaban J connectivity index is 1.69. The molecule has 1 aliphatic carbocycles. The van der Waals surface area contributed by atoms with E-state index in [2.05, 4.69) is 0 Å². The van der Waals surface area contributed by atoms with Crippen molar-refractivity contribution in [3.8, 4) is 0 Å². The zero-order chi connectivity index (χ0) is 12.1. The predicted molar refractivity (Wildman–Crippen MR) is 67.3 cm³/mol. The van der Waals surface area contributed by atoms with E-state index in [0.29, 0.717) is 25.2 Å². The molecule has 17 heavy (non-hydrogen) atoms. The second-order valence-electron chi connectivity index (χ2n) is 5.01. The first-order chi connectivity index (χ1) is 8.28. The molecular formula is C14H22FNO. The van der Waals surface area contributed by atoms with Crippen LogP contribution in [0, 0.1) is 0 Å². The van der Waals surface area contributed by atoms with Crippen molar-refractivity contribution < 1.29 is 9.13 Å². The lowest BCUT2D eigenvalue weighted by atomic mass is 9.97. The summed E-state index contributed by atoms with van der Waals surface area (Å²) in [5.74, 6) is 0.00822. The summed E-state index contributed by atoms with van der Waals surface area (Å²) in [5.41, 5.74) is 6.89. The van der Waals surface area contributed by atoms with Gasteiger partial charge >= 0.3 is 0 Å². The van der Waals surface area contributed by atoms with Gasteiger partial charge in [-0.3, -0.25) is 0 Å². The average Bonchev–Trinajstić information content (AvgIpc) is 2.77. The van der Waals surface area contributed by atoms with Gasteiger partial charge in [-0.1, -0.05) is 11.6 Å². The average molecular weight is 239 g/mol. The Labute approximate surface area is 103 Å². The summed E-state index contributed by atoms with van der Waals surface area (Å²) in [5, 5.41) is 0. The van der Waals surface area contributed by atoms with Crippen molar-refractivity contribution in [2.45, 2.75) is 57.2 Å². The number of hydrogen-bond acceptors (Lipinski definition) is 2. The predicted octanol–water partition coefficient (Wildman–Crippen LogP) is 3.24. The van der Waals surface area contributed by atoms with Crippen LogP contribution in [0.4, 0.5) is 4.39 Å². The monoisotopic (exact) mass is 239 g/mol. The van der Waals surface area contributed by atoms with Gasteiger partial charge in [-0.25, -0.2) is 4.39 Å². The zero-order valence-corrected chi connectivity index (χ0v) is 10.3.